The highest BCUT2D eigenvalue weighted by Crippen LogP contribution is 2.27. The minimum Gasteiger partial charge on any atom is -0.356 e. The van der Waals surface area contributed by atoms with E-state index in [0.717, 1.165) is 17.7 Å². The molecule has 156 valence electrons. The van der Waals surface area contributed by atoms with E-state index < -0.39 is 0 Å². The van der Waals surface area contributed by atoms with E-state index in [1.165, 1.54) is 11.1 Å². The van der Waals surface area contributed by atoms with E-state index in [0.29, 0.717) is 19.4 Å². The fourth-order valence-corrected chi connectivity index (χ4v) is 3.81. The van der Waals surface area contributed by atoms with Gasteiger partial charge in [-0.1, -0.05) is 78.9 Å². The number of benzene rings is 3. The van der Waals surface area contributed by atoms with Gasteiger partial charge < -0.3 is 5.32 Å². The van der Waals surface area contributed by atoms with Gasteiger partial charge in [0.2, 0.25) is 5.91 Å². The number of amides is 1. The Labute approximate surface area is 183 Å². The quantitative estimate of drug-likeness (QED) is 0.416. The summed E-state index contributed by atoms with van der Waals surface area (Å²) >= 11 is 0. The molecule has 31 heavy (non-hydrogen) atoms. The number of hydrogen-bond donors (Lipinski definition) is 1. The molecule has 0 saturated carbocycles. The smallest absolute Gasteiger partial charge is 0.220 e. The Morgan fingerprint density at radius 1 is 0.839 bits per heavy atom. The van der Waals surface area contributed by atoms with Crippen LogP contribution in [0.1, 0.15) is 35.4 Å². The average molecular weight is 410 g/mol. The van der Waals surface area contributed by atoms with Crippen LogP contribution in [0.2, 0.25) is 0 Å². The van der Waals surface area contributed by atoms with Crippen molar-refractivity contribution in [2.75, 3.05) is 6.54 Å². The summed E-state index contributed by atoms with van der Waals surface area (Å²) in [5.74, 6) is 0.346. The molecular weight excluding hydrogens is 382 g/mol. The molecule has 4 aromatic rings. The minimum atomic E-state index is 0.0762. The van der Waals surface area contributed by atoms with Crippen molar-refractivity contribution in [2.45, 2.75) is 25.2 Å². The molecule has 0 aliphatic rings. The second-order valence-corrected chi connectivity index (χ2v) is 7.64. The molecular formula is C27H27N3O. The van der Waals surface area contributed by atoms with Crippen LogP contribution in [0.25, 0.3) is 5.69 Å². The van der Waals surface area contributed by atoms with Crippen molar-refractivity contribution in [3.8, 4) is 5.69 Å². The lowest BCUT2D eigenvalue weighted by atomic mass is 9.88. The van der Waals surface area contributed by atoms with E-state index in [1.807, 2.05) is 59.5 Å². The fourth-order valence-electron chi connectivity index (χ4n) is 3.81. The Morgan fingerprint density at radius 2 is 1.42 bits per heavy atom. The first-order valence-corrected chi connectivity index (χ1v) is 10.7. The lowest BCUT2D eigenvalue weighted by molar-refractivity contribution is -0.121. The molecule has 1 amide bonds. The van der Waals surface area contributed by atoms with Gasteiger partial charge in [-0.05, 0) is 41.7 Å². The maximum absolute atomic E-state index is 12.4. The van der Waals surface area contributed by atoms with Gasteiger partial charge in [-0.15, -0.1) is 0 Å². The third-order valence-electron chi connectivity index (χ3n) is 5.46. The molecule has 4 heteroatoms. The third kappa shape index (κ3) is 5.70. The minimum absolute atomic E-state index is 0.0762. The molecule has 1 N–H and O–H groups in total. The Balaban J connectivity index is 1.29. The van der Waals surface area contributed by atoms with Crippen molar-refractivity contribution in [1.82, 2.24) is 15.1 Å². The molecule has 0 aliphatic heterocycles. The molecule has 4 rings (SSSR count). The topological polar surface area (TPSA) is 46.9 Å². The summed E-state index contributed by atoms with van der Waals surface area (Å²) in [7, 11) is 0. The number of aryl methyl sites for hydroxylation is 1. The summed E-state index contributed by atoms with van der Waals surface area (Å²) in [5.41, 5.74) is 4.63. The highest BCUT2D eigenvalue weighted by atomic mass is 16.1. The van der Waals surface area contributed by atoms with E-state index in [1.54, 1.807) is 0 Å². The van der Waals surface area contributed by atoms with Crippen LogP contribution in [-0.4, -0.2) is 22.2 Å². The molecule has 4 nitrogen and oxygen atoms in total. The Morgan fingerprint density at radius 3 is 2.03 bits per heavy atom. The van der Waals surface area contributed by atoms with Gasteiger partial charge in [-0.25, -0.2) is 4.68 Å². The number of nitrogens with zero attached hydrogens (tertiary/aromatic N) is 2. The van der Waals surface area contributed by atoms with Crippen molar-refractivity contribution in [3.05, 3.63) is 120 Å². The van der Waals surface area contributed by atoms with Crippen LogP contribution in [0.15, 0.2) is 103 Å². The monoisotopic (exact) mass is 409 g/mol. The molecule has 0 fully saturated rings. The van der Waals surface area contributed by atoms with E-state index >= 15 is 0 Å². The van der Waals surface area contributed by atoms with Crippen molar-refractivity contribution < 1.29 is 4.79 Å². The van der Waals surface area contributed by atoms with Crippen LogP contribution >= 0.6 is 0 Å². The van der Waals surface area contributed by atoms with Crippen LogP contribution in [0, 0.1) is 0 Å². The summed E-state index contributed by atoms with van der Waals surface area (Å²) in [6.07, 6.45) is 5.83. The Kier molecular flexibility index (Phi) is 6.91. The second kappa shape index (κ2) is 10.4. The van der Waals surface area contributed by atoms with Gasteiger partial charge in [0.1, 0.15) is 0 Å². The summed E-state index contributed by atoms with van der Waals surface area (Å²) < 4.78 is 1.84. The van der Waals surface area contributed by atoms with Crippen LogP contribution in [0.5, 0.6) is 0 Å². The normalized spacial score (nSPS) is 10.9. The van der Waals surface area contributed by atoms with Gasteiger partial charge in [0.25, 0.3) is 0 Å². The van der Waals surface area contributed by atoms with Crippen LogP contribution in [0.3, 0.4) is 0 Å². The van der Waals surface area contributed by atoms with Gasteiger partial charge in [-0.3, -0.25) is 4.79 Å². The Hall–Kier alpha value is -3.66. The third-order valence-corrected chi connectivity index (χ3v) is 5.46. The SMILES string of the molecule is O=C(CCc1cnn(-c2ccccc2)c1)NCCC(c1ccccc1)c1ccccc1. The molecule has 0 radical (unpaired) electrons. The molecule has 0 atom stereocenters. The number of aromatic nitrogens is 2. The van der Waals surface area contributed by atoms with Crippen molar-refractivity contribution in [1.29, 1.82) is 0 Å². The van der Waals surface area contributed by atoms with Crippen molar-refractivity contribution in [2.24, 2.45) is 0 Å². The predicted molar refractivity (Wildman–Crippen MR) is 124 cm³/mol. The van der Waals surface area contributed by atoms with Gasteiger partial charge >= 0.3 is 0 Å². The van der Waals surface area contributed by atoms with Gasteiger partial charge in [-0.2, -0.15) is 5.10 Å². The molecule has 0 bridgehead atoms. The largest absolute Gasteiger partial charge is 0.356 e. The summed E-state index contributed by atoms with van der Waals surface area (Å²) in [6, 6.07) is 31.0. The number of para-hydroxylation sites is 1. The molecule has 0 aliphatic carbocycles. The van der Waals surface area contributed by atoms with E-state index in [2.05, 4.69) is 58.9 Å². The summed E-state index contributed by atoms with van der Waals surface area (Å²) in [5, 5.41) is 7.50. The van der Waals surface area contributed by atoms with E-state index in [-0.39, 0.29) is 11.8 Å². The van der Waals surface area contributed by atoms with Gasteiger partial charge in [0.15, 0.2) is 0 Å². The zero-order valence-electron chi connectivity index (χ0n) is 17.5. The second-order valence-electron chi connectivity index (χ2n) is 7.64. The van der Waals surface area contributed by atoms with Crippen LogP contribution in [0.4, 0.5) is 0 Å². The zero-order chi connectivity index (χ0) is 21.3. The molecule has 0 saturated heterocycles. The molecule has 1 aromatic heterocycles. The first kappa shape index (κ1) is 20.6. The number of carbonyl (C=O) groups is 1. The highest BCUT2D eigenvalue weighted by molar-refractivity contribution is 5.76. The van der Waals surface area contributed by atoms with Crippen LogP contribution < -0.4 is 5.32 Å². The number of nitrogens with one attached hydrogen (secondary N) is 1. The Bertz CT molecular complexity index is 1040. The lowest BCUT2D eigenvalue weighted by Crippen LogP contribution is -2.26. The van der Waals surface area contributed by atoms with Crippen molar-refractivity contribution in [3.63, 3.8) is 0 Å². The van der Waals surface area contributed by atoms with E-state index in [9.17, 15) is 4.79 Å². The predicted octanol–water partition coefficient (Wildman–Crippen LogP) is 5.14. The summed E-state index contributed by atoms with van der Waals surface area (Å²) in [4.78, 5) is 12.4. The average Bonchev–Trinajstić information content (AvgIpc) is 3.31. The zero-order valence-corrected chi connectivity index (χ0v) is 17.5. The maximum atomic E-state index is 12.4. The maximum Gasteiger partial charge on any atom is 0.220 e. The number of carbonyl (C=O) groups excluding carboxylic acids is 1. The highest BCUT2D eigenvalue weighted by Gasteiger charge is 2.14. The molecule has 0 unspecified atom stereocenters. The molecule has 3 aromatic carbocycles. The first-order valence-electron chi connectivity index (χ1n) is 10.7. The molecule has 1 heterocycles. The standard InChI is InChI=1S/C27H27N3O/c31-27(17-16-22-20-29-30(21-22)25-14-8-3-9-15-25)28-19-18-26(23-10-4-1-5-11-23)24-12-6-2-7-13-24/h1-15,20-21,26H,16-19H2,(H,28,31). The fraction of sp³-hybridized carbons (Fsp3) is 0.185. The summed E-state index contributed by atoms with van der Waals surface area (Å²) in [6.45, 7) is 0.649. The number of rotatable bonds is 9. The van der Waals surface area contributed by atoms with Crippen molar-refractivity contribution >= 4 is 5.91 Å². The van der Waals surface area contributed by atoms with Crippen LogP contribution in [-0.2, 0) is 11.2 Å². The number of hydrogen-bond acceptors (Lipinski definition) is 2. The first-order chi connectivity index (χ1) is 15.3. The molecule has 0 spiro atoms. The lowest BCUT2D eigenvalue weighted by Gasteiger charge is -2.18. The van der Waals surface area contributed by atoms with Gasteiger partial charge in [0, 0.05) is 25.1 Å². The van der Waals surface area contributed by atoms with Gasteiger partial charge in [0.05, 0.1) is 11.9 Å². The van der Waals surface area contributed by atoms with E-state index in [4.69, 9.17) is 0 Å².